The SMILES string of the molecule is CSc1nc(-c2ccco2)nc(C)c1C(=O)Nc1cccc(Cn2nc3ccccn3c2=O)c1. The molecule has 0 radical (unpaired) electrons. The summed E-state index contributed by atoms with van der Waals surface area (Å²) in [6.07, 6.45) is 5.10. The third-order valence-electron chi connectivity index (χ3n) is 5.22. The molecule has 0 fully saturated rings. The van der Waals surface area contributed by atoms with Gasteiger partial charge in [0.1, 0.15) is 5.03 Å². The number of carbonyl (C=O) groups excluding carboxylic acids is 1. The van der Waals surface area contributed by atoms with Crippen molar-refractivity contribution in [2.75, 3.05) is 11.6 Å². The van der Waals surface area contributed by atoms with Crippen molar-refractivity contribution in [2.45, 2.75) is 18.5 Å². The number of benzene rings is 1. The Hall–Kier alpha value is -4.18. The van der Waals surface area contributed by atoms with Crippen molar-refractivity contribution in [3.63, 3.8) is 0 Å². The number of hydrogen-bond acceptors (Lipinski definition) is 7. The lowest BCUT2D eigenvalue weighted by molar-refractivity contribution is 0.102. The molecule has 0 aliphatic rings. The highest BCUT2D eigenvalue weighted by molar-refractivity contribution is 7.98. The number of furan rings is 1. The van der Waals surface area contributed by atoms with E-state index in [1.54, 1.807) is 49.7 Å². The van der Waals surface area contributed by atoms with Gasteiger partial charge in [-0.1, -0.05) is 18.2 Å². The van der Waals surface area contributed by atoms with Gasteiger partial charge < -0.3 is 9.73 Å². The fourth-order valence-electron chi connectivity index (χ4n) is 3.66. The predicted octanol–water partition coefficient (Wildman–Crippen LogP) is 3.88. The molecule has 0 aliphatic carbocycles. The smallest absolute Gasteiger partial charge is 0.350 e. The standard InChI is InChI=1S/C24H20N6O3S/c1-15-20(23(34-2)27-21(25-15)18-9-6-12-33-18)22(31)26-17-8-5-7-16(13-17)14-30-24(32)29-11-4-3-10-19(29)28-30/h3-13H,14H2,1-2H3,(H,26,31). The molecule has 5 rings (SSSR count). The van der Waals surface area contributed by atoms with Crippen molar-refractivity contribution >= 4 is 29.0 Å². The molecular formula is C24H20N6O3S. The molecule has 0 atom stereocenters. The monoisotopic (exact) mass is 472 g/mol. The summed E-state index contributed by atoms with van der Waals surface area (Å²) >= 11 is 1.37. The molecule has 9 nitrogen and oxygen atoms in total. The number of aromatic nitrogens is 5. The lowest BCUT2D eigenvalue weighted by atomic mass is 10.1. The maximum Gasteiger partial charge on any atom is 0.350 e. The summed E-state index contributed by atoms with van der Waals surface area (Å²) in [5, 5.41) is 7.85. The van der Waals surface area contributed by atoms with Gasteiger partial charge in [-0.3, -0.25) is 9.20 Å². The molecular weight excluding hydrogens is 452 g/mol. The van der Waals surface area contributed by atoms with Gasteiger partial charge in [0.25, 0.3) is 5.91 Å². The molecule has 0 aliphatic heterocycles. The molecule has 1 aromatic carbocycles. The number of pyridine rings is 1. The van der Waals surface area contributed by atoms with Crippen LogP contribution in [0.1, 0.15) is 21.6 Å². The lowest BCUT2D eigenvalue weighted by Gasteiger charge is -2.12. The molecule has 5 aromatic rings. The van der Waals surface area contributed by atoms with Crippen LogP contribution in [0.2, 0.25) is 0 Å². The Morgan fingerprint density at radius 2 is 2.00 bits per heavy atom. The van der Waals surface area contributed by atoms with E-state index >= 15 is 0 Å². The minimum atomic E-state index is -0.310. The fourth-order valence-corrected chi connectivity index (χ4v) is 4.28. The molecule has 1 amide bonds. The maximum atomic E-state index is 13.2. The van der Waals surface area contributed by atoms with Crippen LogP contribution in [0.15, 0.2) is 81.3 Å². The zero-order valence-corrected chi connectivity index (χ0v) is 19.2. The molecule has 34 heavy (non-hydrogen) atoms. The van der Waals surface area contributed by atoms with Gasteiger partial charge in [0.05, 0.1) is 24.1 Å². The van der Waals surface area contributed by atoms with Gasteiger partial charge in [0.2, 0.25) is 0 Å². The Morgan fingerprint density at radius 3 is 2.76 bits per heavy atom. The number of rotatable bonds is 6. The van der Waals surface area contributed by atoms with E-state index in [0.717, 1.165) is 5.56 Å². The van der Waals surface area contributed by atoms with E-state index < -0.39 is 0 Å². The Morgan fingerprint density at radius 1 is 1.12 bits per heavy atom. The largest absolute Gasteiger partial charge is 0.461 e. The van der Waals surface area contributed by atoms with E-state index in [-0.39, 0.29) is 18.1 Å². The highest BCUT2D eigenvalue weighted by Crippen LogP contribution is 2.26. The minimum Gasteiger partial charge on any atom is -0.461 e. The number of aryl methyl sites for hydroxylation is 1. The summed E-state index contributed by atoms with van der Waals surface area (Å²) in [4.78, 5) is 34.7. The average molecular weight is 473 g/mol. The van der Waals surface area contributed by atoms with Crippen LogP contribution < -0.4 is 11.0 Å². The zero-order valence-electron chi connectivity index (χ0n) is 18.4. The van der Waals surface area contributed by atoms with E-state index in [4.69, 9.17) is 4.42 Å². The lowest BCUT2D eigenvalue weighted by Crippen LogP contribution is -2.21. The van der Waals surface area contributed by atoms with Gasteiger partial charge in [0, 0.05) is 11.9 Å². The maximum absolute atomic E-state index is 13.2. The first kappa shape index (κ1) is 21.7. The van der Waals surface area contributed by atoms with Crippen molar-refractivity contribution in [2.24, 2.45) is 0 Å². The number of nitrogens with zero attached hydrogens (tertiary/aromatic N) is 5. The minimum absolute atomic E-state index is 0.223. The zero-order chi connectivity index (χ0) is 23.7. The van der Waals surface area contributed by atoms with Crippen molar-refractivity contribution in [1.82, 2.24) is 24.1 Å². The summed E-state index contributed by atoms with van der Waals surface area (Å²) in [5.41, 5.74) is 2.74. The third kappa shape index (κ3) is 4.11. The normalized spacial score (nSPS) is 11.1. The first-order chi connectivity index (χ1) is 16.5. The van der Waals surface area contributed by atoms with Crippen LogP contribution in [0.4, 0.5) is 5.69 Å². The van der Waals surface area contributed by atoms with Crippen LogP contribution in [0.3, 0.4) is 0 Å². The number of hydrogen-bond donors (Lipinski definition) is 1. The van der Waals surface area contributed by atoms with E-state index in [1.165, 1.54) is 20.8 Å². The highest BCUT2D eigenvalue weighted by Gasteiger charge is 2.20. The second kappa shape index (κ2) is 8.99. The number of fused-ring (bicyclic) bond motifs is 1. The Labute approximate surface area is 198 Å². The average Bonchev–Trinajstić information content (AvgIpc) is 3.48. The molecule has 4 aromatic heterocycles. The molecule has 0 unspecified atom stereocenters. The Balaban J connectivity index is 1.40. The third-order valence-corrected chi connectivity index (χ3v) is 5.91. The van der Waals surface area contributed by atoms with E-state index in [9.17, 15) is 9.59 Å². The quantitative estimate of drug-likeness (QED) is 0.295. The number of nitrogens with one attached hydrogen (secondary N) is 1. The van der Waals surface area contributed by atoms with Gasteiger partial charge in [-0.25, -0.2) is 19.4 Å². The molecule has 10 heteroatoms. The van der Waals surface area contributed by atoms with Gasteiger partial charge in [-0.2, -0.15) is 0 Å². The van der Waals surface area contributed by atoms with E-state index in [1.807, 2.05) is 30.5 Å². The highest BCUT2D eigenvalue weighted by atomic mass is 32.2. The van der Waals surface area contributed by atoms with Crippen LogP contribution in [0.25, 0.3) is 17.2 Å². The van der Waals surface area contributed by atoms with E-state index in [2.05, 4.69) is 20.4 Å². The molecule has 4 heterocycles. The van der Waals surface area contributed by atoms with Gasteiger partial charge in [-0.05, 0) is 55.1 Å². The van der Waals surface area contributed by atoms with Gasteiger partial charge in [-0.15, -0.1) is 16.9 Å². The van der Waals surface area contributed by atoms with Crippen LogP contribution >= 0.6 is 11.8 Å². The molecule has 0 saturated carbocycles. The fraction of sp³-hybridized carbons (Fsp3) is 0.125. The first-order valence-electron chi connectivity index (χ1n) is 10.4. The number of carbonyl (C=O) groups is 1. The van der Waals surface area contributed by atoms with Crippen molar-refractivity contribution in [1.29, 1.82) is 0 Å². The number of anilines is 1. The van der Waals surface area contributed by atoms with Crippen LogP contribution in [-0.2, 0) is 6.54 Å². The van der Waals surface area contributed by atoms with Crippen LogP contribution in [0.5, 0.6) is 0 Å². The number of amides is 1. The van der Waals surface area contributed by atoms with Gasteiger partial charge in [0.15, 0.2) is 17.2 Å². The topological polar surface area (TPSA) is 107 Å². The van der Waals surface area contributed by atoms with Gasteiger partial charge >= 0.3 is 5.69 Å². The second-order valence-electron chi connectivity index (χ2n) is 7.52. The summed E-state index contributed by atoms with van der Waals surface area (Å²) in [6, 6.07) is 16.3. The summed E-state index contributed by atoms with van der Waals surface area (Å²) < 4.78 is 8.28. The molecule has 170 valence electrons. The molecule has 0 bridgehead atoms. The van der Waals surface area contributed by atoms with Crippen molar-refractivity contribution < 1.29 is 9.21 Å². The van der Waals surface area contributed by atoms with Crippen LogP contribution in [-0.4, -0.2) is 36.3 Å². The molecule has 1 N–H and O–H groups in total. The summed E-state index contributed by atoms with van der Waals surface area (Å²) in [6.45, 7) is 2.05. The second-order valence-corrected chi connectivity index (χ2v) is 8.31. The Bertz CT molecular complexity index is 1560. The van der Waals surface area contributed by atoms with Crippen molar-refractivity contribution in [3.8, 4) is 11.6 Å². The molecule has 0 spiro atoms. The van der Waals surface area contributed by atoms with E-state index in [0.29, 0.717) is 39.2 Å². The first-order valence-corrected chi connectivity index (χ1v) is 11.7. The Kier molecular flexibility index (Phi) is 5.72. The van der Waals surface area contributed by atoms with Crippen LogP contribution in [0, 0.1) is 6.92 Å². The van der Waals surface area contributed by atoms with Crippen molar-refractivity contribution in [3.05, 3.63) is 94.4 Å². The predicted molar refractivity (Wildman–Crippen MR) is 129 cm³/mol. The summed E-state index contributed by atoms with van der Waals surface area (Å²) in [5.74, 6) is 0.665. The summed E-state index contributed by atoms with van der Waals surface area (Å²) in [7, 11) is 0. The molecule has 0 saturated heterocycles. The number of thioether (sulfide) groups is 1.